The molecule has 0 spiro atoms. The van der Waals surface area contributed by atoms with Gasteiger partial charge in [-0.1, -0.05) is 13.8 Å². The Hall–Kier alpha value is -1.10. The third-order valence-electron chi connectivity index (χ3n) is 4.32. The first kappa shape index (κ1) is 14.3. The van der Waals surface area contributed by atoms with Crippen LogP contribution in [0.4, 0.5) is 0 Å². The molecule has 1 N–H and O–H groups in total. The quantitative estimate of drug-likeness (QED) is 0.805. The number of carbonyl (C=O) groups excluding carboxylic acids is 2. The highest BCUT2D eigenvalue weighted by molar-refractivity contribution is 5.94. The zero-order valence-electron chi connectivity index (χ0n) is 12.0. The summed E-state index contributed by atoms with van der Waals surface area (Å²) in [4.78, 5) is 28.0. The van der Waals surface area contributed by atoms with Gasteiger partial charge in [-0.05, 0) is 44.8 Å². The Bertz CT molecular complexity index is 338. The Kier molecular flexibility index (Phi) is 4.80. The maximum absolute atomic E-state index is 12.2. The number of hydrogen-bond donors (Lipinski definition) is 1. The van der Waals surface area contributed by atoms with Gasteiger partial charge in [0, 0.05) is 6.54 Å². The van der Waals surface area contributed by atoms with Crippen LogP contribution in [0.5, 0.6) is 0 Å². The summed E-state index contributed by atoms with van der Waals surface area (Å²) in [5, 5.41) is 2.76. The fourth-order valence-electron chi connectivity index (χ4n) is 3.00. The van der Waals surface area contributed by atoms with Crippen LogP contribution in [-0.2, 0) is 9.59 Å². The van der Waals surface area contributed by atoms with Crippen molar-refractivity contribution in [1.29, 1.82) is 0 Å². The third-order valence-corrected chi connectivity index (χ3v) is 4.32. The Balaban J connectivity index is 1.87. The normalized spacial score (nSPS) is 26.6. The lowest BCUT2D eigenvalue weighted by Crippen LogP contribution is -2.58. The van der Waals surface area contributed by atoms with E-state index in [1.54, 1.807) is 4.90 Å². The minimum atomic E-state index is -0.308. The van der Waals surface area contributed by atoms with Crippen LogP contribution in [0.15, 0.2) is 0 Å². The molecule has 5 nitrogen and oxygen atoms in total. The SMILES string of the molecule is CCC1NC(=O)CN(CC2CCN(CC)CC2)C1=O. The average Bonchev–Trinajstić information content (AvgIpc) is 2.43. The van der Waals surface area contributed by atoms with Gasteiger partial charge in [-0.2, -0.15) is 0 Å². The molecule has 0 aromatic rings. The van der Waals surface area contributed by atoms with Crippen molar-refractivity contribution in [2.24, 2.45) is 5.92 Å². The van der Waals surface area contributed by atoms with Gasteiger partial charge in [0.1, 0.15) is 6.04 Å². The van der Waals surface area contributed by atoms with E-state index in [9.17, 15) is 9.59 Å². The van der Waals surface area contributed by atoms with Gasteiger partial charge in [-0.15, -0.1) is 0 Å². The number of piperidine rings is 1. The van der Waals surface area contributed by atoms with Crippen molar-refractivity contribution in [2.45, 2.75) is 39.2 Å². The second kappa shape index (κ2) is 6.37. The predicted octanol–water partition coefficient (Wildman–Crippen LogP) is 0.455. The second-order valence-electron chi connectivity index (χ2n) is 5.62. The van der Waals surface area contributed by atoms with E-state index >= 15 is 0 Å². The fourth-order valence-corrected chi connectivity index (χ4v) is 3.00. The number of piperazine rings is 1. The Morgan fingerprint density at radius 3 is 2.47 bits per heavy atom. The van der Waals surface area contributed by atoms with Crippen LogP contribution in [0.25, 0.3) is 0 Å². The lowest BCUT2D eigenvalue weighted by Gasteiger charge is -2.37. The minimum Gasteiger partial charge on any atom is -0.343 e. The molecule has 2 fully saturated rings. The number of hydrogen-bond acceptors (Lipinski definition) is 3. The summed E-state index contributed by atoms with van der Waals surface area (Å²) in [6.07, 6.45) is 2.95. The van der Waals surface area contributed by atoms with Crippen molar-refractivity contribution < 1.29 is 9.59 Å². The van der Waals surface area contributed by atoms with Gasteiger partial charge >= 0.3 is 0 Å². The molecule has 2 saturated heterocycles. The molecule has 2 amide bonds. The maximum Gasteiger partial charge on any atom is 0.245 e. The molecule has 0 saturated carbocycles. The summed E-state index contributed by atoms with van der Waals surface area (Å²) >= 11 is 0. The Morgan fingerprint density at radius 2 is 1.89 bits per heavy atom. The molecule has 2 heterocycles. The molecular formula is C14H25N3O2. The largest absolute Gasteiger partial charge is 0.343 e. The van der Waals surface area contributed by atoms with Crippen molar-refractivity contribution >= 4 is 11.8 Å². The van der Waals surface area contributed by atoms with Gasteiger partial charge in [0.05, 0.1) is 6.54 Å². The van der Waals surface area contributed by atoms with Crippen LogP contribution in [-0.4, -0.2) is 60.4 Å². The molecule has 0 aliphatic carbocycles. The lowest BCUT2D eigenvalue weighted by atomic mass is 9.95. The summed E-state index contributed by atoms with van der Waals surface area (Å²) in [6, 6.07) is -0.308. The molecule has 0 aromatic carbocycles. The van der Waals surface area contributed by atoms with E-state index in [0.717, 1.165) is 39.0 Å². The zero-order valence-corrected chi connectivity index (χ0v) is 12.0. The average molecular weight is 267 g/mol. The van der Waals surface area contributed by atoms with Crippen LogP contribution in [0.3, 0.4) is 0 Å². The van der Waals surface area contributed by atoms with Crippen molar-refractivity contribution in [3.63, 3.8) is 0 Å². The van der Waals surface area contributed by atoms with Crippen LogP contribution in [0, 0.1) is 5.92 Å². The van der Waals surface area contributed by atoms with E-state index in [1.165, 1.54) is 0 Å². The first-order valence-electron chi connectivity index (χ1n) is 7.44. The monoisotopic (exact) mass is 267 g/mol. The minimum absolute atomic E-state index is 0.0163. The molecule has 19 heavy (non-hydrogen) atoms. The van der Waals surface area contributed by atoms with Gasteiger partial charge in [0.25, 0.3) is 0 Å². The highest BCUT2D eigenvalue weighted by atomic mass is 16.2. The third kappa shape index (κ3) is 3.47. The van der Waals surface area contributed by atoms with E-state index in [-0.39, 0.29) is 24.4 Å². The Morgan fingerprint density at radius 1 is 1.21 bits per heavy atom. The number of amides is 2. The van der Waals surface area contributed by atoms with Gasteiger partial charge in [0.15, 0.2) is 0 Å². The van der Waals surface area contributed by atoms with Gasteiger partial charge in [0.2, 0.25) is 11.8 Å². The number of nitrogens with zero attached hydrogens (tertiary/aromatic N) is 2. The number of likely N-dealkylation sites (tertiary alicyclic amines) is 1. The second-order valence-corrected chi connectivity index (χ2v) is 5.62. The van der Waals surface area contributed by atoms with E-state index < -0.39 is 0 Å². The van der Waals surface area contributed by atoms with Crippen molar-refractivity contribution in [2.75, 3.05) is 32.7 Å². The topological polar surface area (TPSA) is 52.7 Å². The number of carbonyl (C=O) groups is 2. The van der Waals surface area contributed by atoms with E-state index in [1.807, 2.05) is 6.92 Å². The first-order valence-corrected chi connectivity index (χ1v) is 7.44. The lowest BCUT2D eigenvalue weighted by molar-refractivity contribution is -0.145. The smallest absolute Gasteiger partial charge is 0.245 e. The van der Waals surface area contributed by atoms with Gasteiger partial charge in [-0.25, -0.2) is 0 Å². The number of rotatable bonds is 4. The van der Waals surface area contributed by atoms with Gasteiger partial charge < -0.3 is 15.1 Å². The molecular weight excluding hydrogens is 242 g/mol. The predicted molar refractivity (Wildman–Crippen MR) is 73.6 cm³/mol. The molecule has 108 valence electrons. The summed E-state index contributed by atoms with van der Waals surface area (Å²) < 4.78 is 0. The molecule has 0 aromatic heterocycles. The molecule has 2 aliphatic heterocycles. The number of nitrogens with one attached hydrogen (secondary N) is 1. The zero-order chi connectivity index (χ0) is 13.8. The van der Waals surface area contributed by atoms with Gasteiger partial charge in [-0.3, -0.25) is 9.59 Å². The fraction of sp³-hybridized carbons (Fsp3) is 0.857. The van der Waals surface area contributed by atoms with Crippen LogP contribution < -0.4 is 5.32 Å². The molecule has 0 radical (unpaired) electrons. The standard InChI is InChI=1S/C14H25N3O2/c1-3-12-14(19)17(10-13(18)15-12)9-11-5-7-16(4-2)8-6-11/h11-12H,3-10H2,1-2H3,(H,15,18). The summed E-state index contributed by atoms with van der Waals surface area (Å²) in [7, 11) is 0. The highest BCUT2D eigenvalue weighted by Crippen LogP contribution is 2.19. The summed E-state index contributed by atoms with van der Waals surface area (Å²) in [6.45, 7) is 8.45. The Labute approximate surface area is 115 Å². The molecule has 1 unspecified atom stereocenters. The molecule has 2 rings (SSSR count). The van der Waals surface area contributed by atoms with E-state index in [2.05, 4.69) is 17.1 Å². The molecule has 1 atom stereocenters. The summed E-state index contributed by atoms with van der Waals surface area (Å²) in [5.41, 5.74) is 0. The summed E-state index contributed by atoms with van der Waals surface area (Å²) in [5.74, 6) is 0.632. The van der Waals surface area contributed by atoms with Crippen molar-refractivity contribution in [3.05, 3.63) is 0 Å². The first-order chi connectivity index (χ1) is 9.13. The highest BCUT2D eigenvalue weighted by Gasteiger charge is 2.33. The van der Waals surface area contributed by atoms with Crippen LogP contribution >= 0.6 is 0 Å². The maximum atomic E-state index is 12.2. The molecule has 0 bridgehead atoms. The van der Waals surface area contributed by atoms with Crippen LogP contribution in [0.2, 0.25) is 0 Å². The molecule has 5 heteroatoms. The van der Waals surface area contributed by atoms with Crippen LogP contribution in [0.1, 0.15) is 33.1 Å². The van der Waals surface area contributed by atoms with E-state index in [0.29, 0.717) is 12.3 Å². The van der Waals surface area contributed by atoms with Crippen molar-refractivity contribution in [1.82, 2.24) is 15.1 Å². The molecule has 2 aliphatic rings. The van der Waals surface area contributed by atoms with Crippen molar-refractivity contribution in [3.8, 4) is 0 Å². The van der Waals surface area contributed by atoms with E-state index in [4.69, 9.17) is 0 Å².